The van der Waals surface area contributed by atoms with Gasteiger partial charge in [0.25, 0.3) is 0 Å². The zero-order valence-corrected chi connectivity index (χ0v) is 18.3. The van der Waals surface area contributed by atoms with Crippen LogP contribution in [0.2, 0.25) is 0 Å². The van der Waals surface area contributed by atoms with Crippen LogP contribution in [0.3, 0.4) is 0 Å². The summed E-state index contributed by atoms with van der Waals surface area (Å²) in [6.07, 6.45) is 0.909. The minimum Gasteiger partial charge on any atom is -0.457 e. The summed E-state index contributed by atoms with van der Waals surface area (Å²) in [6.45, 7) is 4.08. The lowest BCUT2D eigenvalue weighted by Crippen LogP contribution is -2.39. The van der Waals surface area contributed by atoms with Gasteiger partial charge >= 0.3 is 5.97 Å². The van der Waals surface area contributed by atoms with Crippen LogP contribution in [0, 0.1) is 5.92 Å². The lowest BCUT2D eigenvalue weighted by Gasteiger charge is -2.29. The van der Waals surface area contributed by atoms with Crippen LogP contribution in [-0.2, 0) is 22.0 Å². The zero-order chi connectivity index (χ0) is 21.3. The van der Waals surface area contributed by atoms with Crippen molar-refractivity contribution in [2.75, 3.05) is 0 Å². The molecule has 4 heteroatoms. The van der Waals surface area contributed by atoms with Gasteiger partial charge in [-0.1, -0.05) is 80.6 Å². The summed E-state index contributed by atoms with van der Waals surface area (Å²) in [5.74, 6) is -0.292. The van der Waals surface area contributed by atoms with E-state index in [9.17, 15) is 9.00 Å². The second-order valence-corrected chi connectivity index (χ2v) is 9.26. The average Bonchev–Trinajstić information content (AvgIpc) is 2.79. The molecule has 3 atom stereocenters. The first-order chi connectivity index (χ1) is 14.6. The Balaban J connectivity index is 1.86. The van der Waals surface area contributed by atoms with Crippen LogP contribution in [0.15, 0.2) is 95.9 Å². The quantitative estimate of drug-likeness (QED) is 0.419. The maximum Gasteiger partial charge on any atom is 0.338 e. The highest BCUT2D eigenvalue weighted by atomic mass is 32.2. The minimum absolute atomic E-state index is 0.0791. The number of benzene rings is 3. The molecular formula is C26H28O3S. The van der Waals surface area contributed by atoms with Crippen LogP contribution < -0.4 is 0 Å². The van der Waals surface area contributed by atoms with E-state index in [-0.39, 0.29) is 17.1 Å². The predicted octanol–water partition coefficient (Wildman–Crippen LogP) is 5.68. The Morgan fingerprint density at radius 3 is 1.93 bits per heavy atom. The summed E-state index contributed by atoms with van der Waals surface area (Å²) in [4.78, 5) is 13.6. The van der Waals surface area contributed by atoms with E-state index in [4.69, 9.17) is 4.74 Å². The van der Waals surface area contributed by atoms with Gasteiger partial charge in [0.1, 0.15) is 6.10 Å². The largest absolute Gasteiger partial charge is 0.457 e. The molecule has 0 saturated carbocycles. The second kappa shape index (κ2) is 10.9. The molecule has 0 N–H and O–H groups in total. The van der Waals surface area contributed by atoms with E-state index in [1.165, 1.54) is 5.56 Å². The van der Waals surface area contributed by atoms with Crippen molar-refractivity contribution >= 4 is 16.8 Å². The Hall–Kier alpha value is -2.72. The molecule has 3 aromatic carbocycles. The van der Waals surface area contributed by atoms with Gasteiger partial charge in [-0.05, 0) is 48.6 Å². The van der Waals surface area contributed by atoms with E-state index in [2.05, 4.69) is 12.1 Å². The van der Waals surface area contributed by atoms with Crippen molar-refractivity contribution in [2.24, 2.45) is 5.92 Å². The van der Waals surface area contributed by atoms with Gasteiger partial charge in [-0.15, -0.1) is 0 Å². The summed E-state index contributed by atoms with van der Waals surface area (Å²) in [6, 6.07) is 28.5. The molecule has 0 aromatic heterocycles. The highest BCUT2D eigenvalue weighted by Gasteiger charge is 2.33. The Bertz CT molecular complexity index is 940. The number of aryl methyl sites for hydroxylation is 1. The predicted molar refractivity (Wildman–Crippen MR) is 122 cm³/mol. The molecule has 3 nitrogen and oxygen atoms in total. The van der Waals surface area contributed by atoms with E-state index in [1.807, 2.05) is 80.6 Å². The molecule has 3 aromatic rings. The van der Waals surface area contributed by atoms with Gasteiger partial charge in [0.2, 0.25) is 0 Å². The van der Waals surface area contributed by atoms with Crippen molar-refractivity contribution in [3.63, 3.8) is 0 Å². The summed E-state index contributed by atoms with van der Waals surface area (Å²) >= 11 is 0. The smallest absolute Gasteiger partial charge is 0.338 e. The number of hydrogen-bond donors (Lipinski definition) is 0. The van der Waals surface area contributed by atoms with Crippen LogP contribution in [-0.4, -0.2) is 21.5 Å². The van der Waals surface area contributed by atoms with Crippen LogP contribution in [0.4, 0.5) is 0 Å². The Kier molecular flexibility index (Phi) is 7.97. The lowest BCUT2D eigenvalue weighted by molar-refractivity contribution is 0.0247. The lowest BCUT2D eigenvalue weighted by atomic mass is 9.98. The topological polar surface area (TPSA) is 43.4 Å². The summed E-state index contributed by atoms with van der Waals surface area (Å²) in [5, 5.41) is -0.302. The first-order valence-corrected chi connectivity index (χ1v) is 11.5. The fraction of sp³-hybridized carbons (Fsp3) is 0.269. The summed E-state index contributed by atoms with van der Waals surface area (Å²) < 4.78 is 19.5. The van der Waals surface area contributed by atoms with Gasteiger partial charge in [-0.3, -0.25) is 4.21 Å². The third kappa shape index (κ3) is 5.90. The van der Waals surface area contributed by atoms with Crippen LogP contribution in [0.1, 0.15) is 36.2 Å². The molecule has 0 radical (unpaired) electrons. The van der Waals surface area contributed by atoms with Crippen molar-refractivity contribution in [3.8, 4) is 0 Å². The number of hydrogen-bond acceptors (Lipinski definition) is 3. The summed E-state index contributed by atoms with van der Waals surface area (Å²) in [7, 11) is -1.29. The highest BCUT2D eigenvalue weighted by molar-refractivity contribution is 7.85. The monoisotopic (exact) mass is 420 g/mol. The Labute approximate surface area is 181 Å². The second-order valence-electron chi connectivity index (χ2n) is 7.65. The fourth-order valence-electron chi connectivity index (χ4n) is 3.55. The number of rotatable bonds is 9. The van der Waals surface area contributed by atoms with Gasteiger partial charge in [-0.25, -0.2) is 4.79 Å². The highest BCUT2D eigenvalue weighted by Crippen LogP contribution is 2.26. The van der Waals surface area contributed by atoms with Gasteiger partial charge in [0.05, 0.1) is 21.6 Å². The third-order valence-electron chi connectivity index (χ3n) is 5.07. The maximum absolute atomic E-state index is 13.5. The van der Waals surface area contributed by atoms with E-state index in [0.717, 1.165) is 11.3 Å². The third-order valence-corrected chi connectivity index (χ3v) is 7.15. The van der Waals surface area contributed by atoms with Crippen molar-refractivity contribution in [1.82, 2.24) is 0 Å². The first kappa shape index (κ1) is 22.0. The fourth-order valence-corrected chi connectivity index (χ4v) is 5.25. The molecule has 156 valence electrons. The Morgan fingerprint density at radius 1 is 0.833 bits per heavy atom. The minimum atomic E-state index is -1.29. The van der Waals surface area contributed by atoms with Crippen molar-refractivity contribution in [2.45, 2.75) is 42.9 Å². The molecule has 0 fully saturated rings. The molecule has 0 spiro atoms. The van der Waals surface area contributed by atoms with Gasteiger partial charge < -0.3 is 4.74 Å². The molecule has 0 aliphatic rings. The number of carbonyl (C=O) groups is 1. The van der Waals surface area contributed by atoms with E-state index in [1.54, 1.807) is 12.1 Å². The molecule has 0 heterocycles. The van der Waals surface area contributed by atoms with Crippen molar-refractivity contribution in [3.05, 3.63) is 102 Å². The summed E-state index contributed by atoms with van der Waals surface area (Å²) in [5.41, 5.74) is 1.68. The molecule has 3 unspecified atom stereocenters. The molecule has 0 saturated heterocycles. The normalized spacial score (nSPS) is 14.1. The van der Waals surface area contributed by atoms with Crippen molar-refractivity contribution < 1.29 is 13.7 Å². The van der Waals surface area contributed by atoms with E-state index in [0.29, 0.717) is 12.0 Å². The average molecular weight is 421 g/mol. The van der Waals surface area contributed by atoms with E-state index >= 15 is 0 Å². The Morgan fingerprint density at radius 2 is 1.37 bits per heavy atom. The van der Waals surface area contributed by atoms with Gasteiger partial charge in [-0.2, -0.15) is 0 Å². The van der Waals surface area contributed by atoms with Crippen LogP contribution in [0.25, 0.3) is 0 Å². The van der Waals surface area contributed by atoms with Crippen LogP contribution in [0.5, 0.6) is 0 Å². The molecule has 0 bridgehead atoms. The maximum atomic E-state index is 13.5. The first-order valence-electron chi connectivity index (χ1n) is 10.3. The molecule has 0 aliphatic carbocycles. The standard InChI is InChI=1S/C26H28O3S/c1-20(2)25(30(28)23-16-10-5-11-17-23)24(19-18-21-12-6-3-7-13-21)29-26(27)22-14-8-4-9-15-22/h3-17,20,24-25H,18-19H2,1-2H3. The molecule has 0 amide bonds. The van der Waals surface area contributed by atoms with Gasteiger partial charge in [0.15, 0.2) is 0 Å². The molecule has 30 heavy (non-hydrogen) atoms. The van der Waals surface area contributed by atoms with Crippen molar-refractivity contribution in [1.29, 1.82) is 0 Å². The zero-order valence-electron chi connectivity index (χ0n) is 17.4. The van der Waals surface area contributed by atoms with Gasteiger partial charge in [0, 0.05) is 4.90 Å². The van der Waals surface area contributed by atoms with Crippen LogP contribution >= 0.6 is 0 Å². The SMILES string of the molecule is CC(C)C(C(CCc1ccccc1)OC(=O)c1ccccc1)S(=O)c1ccccc1. The molecule has 3 rings (SSSR count). The number of esters is 1. The molecular weight excluding hydrogens is 392 g/mol. The molecule has 0 aliphatic heterocycles. The number of ether oxygens (including phenoxy) is 1. The van der Waals surface area contributed by atoms with E-state index < -0.39 is 16.9 Å². The number of carbonyl (C=O) groups excluding carboxylic acids is 1.